The van der Waals surface area contributed by atoms with E-state index in [1.165, 1.54) is 19.3 Å². The number of nitrogens with one attached hydrogen (secondary N) is 1. The average molecular weight is 301 g/mol. The molecule has 1 aliphatic rings. The van der Waals surface area contributed by atoms with E-state index in [1.807, 2.05) is 12.1 Å². The maximum Gasteiger partial charge on any atom is 0.127 e. The van der Waals surface area contributed by atoms with Gasteiger partial charge in [0.2, 0.25) is 0 Å². The van der Waals surface area contributed by atoms with Crippen LogP contribution in [0.1, 0.15) is 44.2 Å². The molecule has 0 spiro atoms. The predicted molar refractivity (Wildman–Crippen MR) is 85.0 cm³/mol. The minimum atomic E-state index is -0.0532. The van der Waals surface area contributed by atoms with Gasteiger partial charge in [-0.25, -0.2) is 4.39 Å². The molecule has 114 valence electrons. The fourth-order valence-electron chi connectivity index (χ4n) is 2.86. The Balaban J connectivity index is 0.00000200. The number of benzene rings is 1. The highest BCUT2D eigenvalue weighted by molar-refractivity contribution is 5.85. The first kappa shape index (κ1) is 17.4. The molecule has 1 aromatic carbocycles. The number of hydrogen-bond donors (Lipinski definition) is 1. The smallest absolute Gasteiger partial charge is 0.127 e. The first-order chi connectivity index (χ1) is 9.33. The van der Waals surface area contributed by atoms with E-state index in [1.54, 1.807) is 12.1 Å². The van der Waals surface area contributed by atoms with Crippen LogP contribution >= 0.6 is 12.4 Å². The van der Waals surface area contributed by atoms with Crippen molar-refractivity contribution in [1.29, 1.82) is 0 Å². The SMILES string of the molecule is CCCCC[C@H](c1ccccc1F)N1CCNCC1.Cl. The maximum absolute atomic E-state index is 14.1. The molecule has 0 amide bonds. The van der Waals surface area contributed by atoms with Gasteiger partial charge in [0.05, 0.1) is 0 Å². The van der Waals surface area contributed by atoms with Crippen LogP contribution in [0, 0.1) is 5.82 Å². The number of nitrogens with zero attached hydrogens (tertiary/aromatic N) is 1. The van der Waals surface area contributed by atoms with E-state index < -0.39 is 0 Å². The minimum Gasteiger partial charge on any atom is -0.314 e. The summed E-state index contributed by atoms with van der Waals surface area (Å²) >= 11 is 0. The second kappa shape index (κ2) is 9.32. The van der Waals surface area contributed by atoms with Crippen molar-refractivity contribution in [2.75, 3.05) is 26.2 Å². The molecule has 0 aliphatic carbocycles. The third kappa shape index (κ3) is 4.72. The Morgan fingerprint density at radius 2 is 1.90 bits per heavy atom. The number of piperazine rings is 1. The molecular formula is C16H26ClFN2. The van der Waals surface area contributed by atoms with Crippen molar-refractivity contribution in [3.8, 4) is 0 Å². The third-order valence-corrected chi connectivity index (χ3v) is 3.94. The van der Waals surface area contributed by atoms with Crippen molar-refractivity contribution in [2.24, 2.45) is 0 Å². The number of hydrogen-bond acceptors (Lipinski definition) is 2. The molecule has 0 bridgehead atoms. The molecule has 0 saturated carbocycles. The van der Waals surface area contributed by atoms with Gasteiger partial charge in [0, 0.05) is 37.8 Å². The Hall–Kier alpha value is -0.640. The molecule has 1 aromatic rings. The lowest BCUT2D eigenvalue weighted by Crippen LogP contribution is -2.45. The molecule has 0 aromatic heterocycles. The summed E-state index contributed by atoms with van der Waals surface area (Å²) in [5.74, 6) is -0.0532. The van der Waals surface area contributed by atoms with Crippen LogP contribution in [0.25, 0.3) is 0 Å². The van der Waals surface area contributed by atoms with Gasteiger partial charge in [-0.1, -0.05) is 44.4 Å². The summed E-state index contributed by atoms with van der Waals surface area (Å²) in [7, 11) is 0. The summed E-state index contributed by atoms with van der Waals surface area (Å²) < 4.78 is 14.1. The zero-order valence-corrected chi connectivity index (χ0v) is 13.1. The molecule has 1 saturated heterocycles. The molecule has 1 fully saturated rings. The predicted octanol–water partition coefficient (Wildman–Crippen LogP) is 3.77. The summed E-state index contributed by atoms with van der Waals surface area (Å²) in [5, 5.41) is 3.37. The van der Waals surface area contributed by atoms with Crippen LogP contribution in [0.5, 0.6) is 0 Å². The largest absolute Gasteiger partial charge is 0.314 e. The van der Waals surface area contributed by atoms with Gasteiger partial charge >= 0.3 is 0 Å². The first-order valence-corrected chi connectivity index (χ1v) is 7.52. The zero-order chi connectivity index (χ0) is 13.5. The number of halogens is 2. The van der Waals surface area contributed by atoms with Crippen LogP contribution in [0.15, 0.2) is 24.3 Å². The topological polar surface area (TPSA) is 15.3 Å². The lowest BCUT2D eigenvalue weighted by Gasteiger charge is -2.35. The number of unbranched alkanes of at least 4 members (excludes halogenated alkanes) is 2. The first-order valence-electron chi connectivity index (χ1n) is 7.52. The molecule has 1 heterocycles. The van der Waals surface area contributed by atoms with E-state index in [-0.39, 0.29) is 24.3 Å². The summed E-state index contributed by atoms with van der Waals surface area (Å²) in [6.45, 7) is 6.27. The van der Waals surface area contributed by atoms with Crippen molar-refractivity contribution in [3.63, 3.8) is 0 Å². The van der Waals surface area contributed by atoms with Crippen molar-refractivity contribution in [1.82, 2.24) is 10.2 Å². The van der Waals surface area contributed by atoms with Crippen LogP contribution < -0.4 is 5.32 Å². The van der Waals surface area contributed by atoms with Crippen molar-refractivity contribution in [3.05, 3.63) is 35.6 Å². The second-order valence-corrected chi connectivity index (χ2v) is 5.32. The standard InChI is InChI=1S/C16H25FN2.ClH/c1-2-3-4-9-16(19-12-10-18-11-13-19)14-7-5-6-8-15(14)17;/h5-8,16,18H,2-4,9-13H2,1H3;1H/t16-;/m1./s1. The summed E-state index contributed by atoms with van der Waals surface area (Å²) in [6.07, 6.45) is 4.69. The number of rotatable bonds is 6. The third-order valence-electron chi connectivity index (χ3n) is 3.94. The van der Waals surface area contributed by atoms with Gasteiger partial charge in [-0.15, -0.1) is 12.4 Å². The normalized spacial score (nSPS) is 17.5. The Labute approximate surface area is 128 Å². The maximum atomic E-state index is 14.1. The summed E-state index contributed by atoms with van der Waals surface area (Å²) in [5.41, 5.74) is 0.875. The van der Waals surface area contributed by atoms with Crippen molar-refractivity contribution in [2.45, 2.75) is 38.6 Å². The molecule has 2 nitrogen and oxygen atoms in total. The van der Waals surface area contributed by atoms with E-state index in [2.05, 4.69) is 17.1 Å². The fraction of sp³-hybridized carbons (Fsp3) is 0.625. The molecule has 20 heavy (non-hydrogen) atoms. The highest BCUT2D eigenvalue weighted by Crippen LogP contribution is 2.28. The molecule has 2 rings (SSSR count). The highest BCUT2D eigenvalue weighted by Gasteiger charge is 2.23. The second-order valence-electron chi connectivity index (χ2n) is 5.32. The Bertz CT molecular complexity index is 380. The van der Waals surface area contributed by atoms with Gasteiger partial charge in [-0.2, -0.15) is 0 Å². The zero-order valence-electron chi connectivity index (χ0n) is 12.3. The van der Waals surface area contributed by atoms with E-state index in [9.17, 15) is 4.39 Å². The van der Waals surface area contributed by atoms with Gasteiger partial charge < -0.3 is 5.32 Å². The molecule has 1 aliphatic heterocycles. The minimum absolute atomic E-state index is 0. The van der Waals surface area contributed by atoms with E-state index >= 15 is 0 Å². The van der Waals surface area contributed by atoms with Gasteiger partial charge in [0.25, 0.3) is 0 Å². The average Bonchev–Trinajstić information content (AvgIpc) is 2.46. The fourth-order valence-corrected chi connectivity index (χ4v) is 2.86. The van der Waals surface area contributed by atoms with Crippen LogP contribution in [0.2, 0.25) is 0 Å². The molecular weight excluding hydrogens is 275 g/mol. The highest BCUT2D eigenvalue weighted by atomic mass is 35.5. The molecule has 4 heteroatoms. The molecule has 0 unspecified atom stereocenters. The van der Waals surface area contributed by atoms with Crippen molar-refractivity contribution < 1.29 is 4.39 Å². The summed E-state index contributed by atoms with van der Waals surface area (Å²) in [6, 6.07) is 7.51. The lowest BCUT2D eigenvalue weighted by molar-refractivity contribution is 0.159. The molecule has 1 atom stereocenters. The van der Waals surface area contributed by atoms with Gasteiger partial charge in [-0.05, 0) is 12.5 Å². The Kier molecular flexibility index (Phi) is 8.12. The van der Waals surface area contributed by atoms with Crippen LogP contribution in [-0.4, -0.2) is 31.1 Å². The summed E-state index contributed by atoms with van der Waals surface area (Å²) in [4.78, 5) is 2.44. The van der Waals surface area contributed by atoms with Crippen LogP contribution in [-0.2, 0) is 0 Å². The van der Waals surface area contributed by atoms with Crippen molar-refractivity contribution >= 4 is 12.4 Å². The van der Waals surface area contributed by atoms with Gasteiger partial charge in [0.1, 0.15) is 5.82 Å². The van der Waals surface area contributed by atoms with Gasteiger partial charge in [0.15, 0.2) is 0 Å². The van der Waals surface area contributed by atoms with Crippen LogP contribution in [0.4, 0.5) is 4.39 Å². The molecule has 1 N–H and O–H groups in total. The quantitative estimate of drug-likeness (QED) is 0.805. The Morgan fingerprint density at radius 3 is 2.55 bits per heavy atom. The lowest BCUT2D eigenvalue weighted by atomic mass is 9.97. The molecule has 0 radical (unpaired) electrons. The van der Waals surface area contributed by atoms with E-state index in [4.69, 9.17) is 0 Å². The monoisotopic (exact) mass is 300 g/mol. The van der Waals surface area contributed by atoms with Gasteiger partial charge in [-0.3, -0.25) is 4.90 Å². The van der Waals surface area contributed by atoms with E-state index in [0.717, 1.165) is 38.2 Å². The van der Waals surface area contributed by atoms with Crippen LogP contribution in [0.3, 0.4) is 0 Å². The Morgan fingerprint density at radius 1 is 1.20 bits per heavy atom. The van der Waals surface area contributed by atoms with E-state index in [0.29, 0.717) is 0 Å².